The number of benzene rings is 4. The molecule has 5 rings (SSSR count). The van der Waals surface area contributed by atoms with Crippen LogP contribution in [0.3, 0.4) is 0 Å². The van der Waals surface area contributed by atoms with E-state index in [9.17, 15) is 5.11 Å². The summed E-state index contributed by atoms with van der Waals surface area (Å²) in [6, 6.07) is 29.8. The fourth-order valence-electron chi connectivity index (χ4n) is 3.55. The lowest BCUT2D eigenvalue weighted by Gasteiger charge is -2.25. The van der Waals surface area contributed by atoms with Crippen molar-refractivity contribution >= 4 is 54.9 Å². The average Bonchev–Trinajstić information content (AvgIpc) is 3.11. The molecule has 0 saturated carbocycles. The molecule has 4 aromatic carbocycles. The van der Waals surface area contributed by atoms with Crippen molar-refractivity contribution in [1.29, 1.82) is 0 Å². The minimum atomic E-state index is 0.190. The number of hydrogen-bond donors (Lipinski definition) is 1. The summed E-state index contributed by atoms with van der Waals surface area (Å²) in [4.78, 5) is 2.09. The Morgan fingerprint density at radius 1 is 0.714 bits per heavy atom. The van der Waals surface area contributed by atoms with E-state index < -0.39 is 0 Å². The first-order valence-corrected chi connectivity index (χ1v) is 9.75. The molecule has 5 aromatic rings. The summed E-state index contributed by atoms with van der Waals surface area (Å²) in [7, 11) is 0. The highest BCUT2D eigenvalue weighted by atomic mass is 79.9. The molecular formula is C24H16BrNO2. The molecule has 0 bridgehead atoms. The van der Waals surface area contributed by atoms with Crippen molar-refractivity contribution < 1.29 is 9.52 Å². The largest absolute Gasteiger partial charge is 0.507 e. The molecule has 0 aliphatic rings. The third-order valence-electron chi connectivity index (χ3n) is 4.83. The fraction of sp³-hybridized carbons (Fsp3) is 0. The molecule has 0 fully saturated rings. The van der Waals surface area contributed by atoms with Gasteiger partial charge in [-0.3, -0.25) is 0 Å². The molecule has 0 spiro atoms. The van der Waals surface area contributed by atoms with E-state index >= 15 is 0 Å². The van der Waals surface area contributed by atoms with E-state index in [1.165, 1.54) is 0 Å². The maximum Gasteiger partial charge on any atom is 0.159 e. The lowest BCUT2D eigenvalue weighted by molar-refractivity contribution is 0.472. The second-order valence-electron chi connectivity index (χ2n) is 6.56. The van der Waals surface area contributed by atoms with Crippen molar-refractivity contribution in [3.8, 4) is 5.75 Å². The number of rotatable bonds is 3. The summed E-state index contributed by atoms with van der Waals surface area (Å²) in [5.74, 6) is 0.190. The van der Waals surface area contributed by atoms with Crippen LogP contribution in [0.2, 0.25) is 0 Å². The lowest BCUT2D eigenvalue weighted by Crippen LogP contribution is -2.10. The van der Waals surface area contributed by atoms with Gasteiger partial charge in [0, 0.05) is 22.5 Å². The standard InChI is InChI=1S/C24H16BrNO2/c25-20-14-13-17(15-22(20)27)26(16-7-2-1-3-8-16)21-11-6-10-19-18-9-4-5-12-23(18)28-24(19)21/h1-15,27H. The summed E-state index contributed by atoms with van der Waals surface area (Å²) in [6.45, 7) is 0. The number of anilines is 3. The van der Waals surface area contributed by atoms with Gasteiger partial charge in [0.05, 0.1) is 15.8 Å². The molecule has 1 aromatic heterocycles. The number of aromatic hydroxyl groups is 1. The molecule has 0 unspecified atom stereocenters. The first-order valence-electron chi connectivity index (χ1n) is 8.96. The monoisotopic (exact) mass is 429 g/mol. The number of phenolic OH excluding ortho intramolecular Hbond substituents is 1. The number of phenols is 1. The molecule has 0 saturated heterocycles. The van der Waals surface area contributed by atoms with Crippen molar-refractivity contribution in [2.45, 2.75) is 0 Å². The average molecular weight is 430 g/mol. The zero-order valence-electron chi connectivity index (χ0n) is 14.8. The molecular weight excluding hydrogens is 414 g/mol. The summed E-state index contributed by atoms with van der Waals surface area (Å²) in [6.07, 6.45) is 0. The van der Waals surface area contributed by atoms with E-state index in [1.807, 2.05) is 72.8 Å². The van der Waals surface area contributed by atoms with E-state index in [0.717, 1.165) is 39.0 Å². The molecule has 0 atom stereocenters. The number of para-hydroxylation sites is 3. The van der Waals surface area contributed by atoms with Crippen molar-refractivity contribution in [2.24, 2.45) is 0 Å². The molecule has 0 amide bonds. The summed E-state index contributed by atoms with van der Waals surface area (Å²) >= 11 is 3.37. The Morgan fingerprint density at radius 2 is 1.46 bits per heavy atom. The number of halogens is 1. The fourth-order valence-corrected chi connectivity index (χ4v) is 3.80. The van der Waals surface area contributed by atoms with Gasteiger partial charge >= 0.3 is 0 Å². The molecule has 1 heterocycles. The van der Waals surface area contributed by atoms with E-state index in [0.29, 0.717) is 4.47 Å². The van der Waals surface area contributed by atoms with Crippen molar-refractivity contribution in [3.05, 3.63) is 95.5 Å². The number of furan rings is 1. The van der Waals surface area contributed by atoms with Gasteiger partial charge in [-0.15, -0.1) is 0 Å². The van der Waals surface area contributed by atoms with Crippen molar-refractivity contribution in [1.82, 2.24) is 0 Å². The van der Waals surface area contributed by atoms with Gasteiger partial charge in [-0.1, -0.05) is 48.5 Å². The molecule has 3 nitrogen and oxygen atoms in total. The van der Waals surface area contributed by atoms with Crippen LogP contribution < -0.4 is 4.90 Å². The normalized spacial score (nSPS) is 11.2. The Balaban J connectivity index is 1.81. The van der Waals surface area contributed by atoms with Crippen molar-refractivity contribution in [3.63, 3.8) is 0 Å². The number of nitrogens with zero attached hydrogens (tertiary/aromatic N) is 1. The molecule has 28 heavy (non-hydrogen) atoms. The zero-order valence-corrected chi connectivity index (χ0v) is 16.4. The zero-order chi connectivity index (χ0) is 19.1. The molecule has 0 aliphatic carbocycles. The summed E-state index contributed by atoms with van der Waals surface area (Å²) in [5.41, 5.74) is 4.42. The highest BCUT2D eigenvalue weighted by Gasteiger charge is 2.19. The Kier molecular flexibility index (Phi) is 4.06. The van der Waals surface area contributed by atoms with Crippen LogP contribution in [0, 0.1) is 0 Å². The predicted molar refractivity (Wildman–Crippen MR) is 118 cm³/mol. The van der Waals surface area contributed by atoms with Gasteiger partial charge in [0.25, 0.3) is 0 Å². The van der Waals surface area contributed by atoms with Crippen LogP contribution in [0.1, 0.15) is 0 Å². The van der Waals surface area contributed by atoms with E-state index in [4.69, 9.17) is 4.42 Å². The molecule has 0 radical (unpaired) electrons. The van der Waals surface area contributed by atoms with Crippen LogP contribution >= 0.6 is 15.9 Å². The SMILES string of the molecule is Oc1cc(N(c2ccccc2)c2cccc3c2oc2ccccc23)ccc1Br. The topological polar surface area (TPSA) is 36.6 Å². The van der Waals surface area contributed by atoms with Crippen LogP contribution in [0.5, 0.6) is 5.75 Å². The Hall–Kier alpha value is -3.24. The van der Waals surface area contributed by atoms with Crippen LogP contribution in [-0.4, -0.2) is 5.11 Å². The minimum Gasteiger partial charge on any atom is -0.507 e. The lowest BCUT2D eigenvalue weighted by atomic mass is 10.1. The number of hydrogen-bond acceptors (Lipinski definition) is 3. The van der Waals surface area contributed by atoms with Crippen LogP contribution in [0.25, 0.3) is 21.9 Å². The van der Waals surface area contributed by atoms with Gasteiger partial charge in [-0.25, -0.2) is 0 Å². The van der Waals surface area contributed by atoms with Crippen molar-refractivity contribution in [2.75, 3.05) is 4.90 Å². The second-order valence-corrected chi connectivity index (χ2v) is 7.41. The van der Waals surface area contributed by atoms with E-state index in [1.54, 1.807) is 6.07 Å². The van der Waals surface area contributed by atoms with Gasteiger partial charge < -0.3 is 14.4 Å². The number of fused-ring (bicyclic) bond motifs is 3. The third-order valence-corrected chi connectivity index (χ3v) is 5.50. The molecule has 4 heteroatoms. The van der Waals surface area contributed by atoms with Crippen LogP contribution in [-0.2, 0) is 0 Å². The van der Waals surface area contributed by atoms with Gasteiger partial charge in [0.15, 0.2) is 5.58 Å². The first kappa shape index (κ1) is 16.9. The predicted octanol–water partition coefficient (Wildman–Crippen LogP) is 7.52. The van der Waals surface area contributed by atoms with E-state index in [-0.39, 0.29) is 5.75 Å². The van der Waals surface area contributed by atoms with Gasteiger partial charge in [0.2, 0.25) is 0 Å². The Bertz CT molecular complexity index is 1290. The highest BCUT2D eigenvalue weighted by molar-refractivity contribution is 9.10. The maximum atomic E-state index is 10.3. The first-order chi connectivity index (χ1) is 13.7. The molecule has 136 valence electrons. The molecule has 0 aliphatic heterocycles. The van der Waals surface area contributed by atoms with Gasteiger partial charge in [-0.05, 0) is 52.3 Å². The van der Waals surface area contributed by atoms with Crippen LogP contribution in [0.4, 0.5) is 17.1 Å². The summed E-state index contributed by atoms with van der Waals surface area (Å²) < 4.78 is 6.91. The van der Waals surface area contributed by atoms with Gasteiger partial charge in [0.1, 0.15) is 11.3 Å². The third kappa shape index (κ3) is 2.74. The van der Waals surface area contributed by atoms with Crippen LogP contribution in [0.15, 0.2) is 99.9 Å². The quantitative estimate of drug-likeness (QED) is 0.322. The Labute approximate surface area is 170 Å². The summed E-state index contributed by atoms with van der Waals surface area (Å²) in [5, 5.41) is 12.4. The smallest absolute Gasteiger partial charge is 0.159 e. The van der Waals surface area contributed by atoms with Gasteiger partial charge in [-0.2, -0.15) is 0 Å². The second kappa shape index (κ2) is 6.73. The molecule has 1 N–H and O–H groups in total. The Morgan fingerprint density at radius 3 is 2.29 bits per heavy atom. The maximum absolute atomic E-state index is 10.3. The minimum absolute atomic E-state index is 0.190. The van der Waals surface area contributed by atoms with E-state index in [2.05, 4.69) is 33.0 Å². The highest BCUT2D eigenvalue weighted by Crippen LogP contribution is 2.43.